The van der Waals surface area contributed by atoms with E-state index >= 15 is 0 Å². The molecule has 0 radical (unpaired) electrons. The number of aliphatic carboxylic acids is 1. The van der Waals surface area contributed by atoms with E-state index < -0.39 is 5.97 Å². The average Bonchev–Trinajstić information content (AvgIpc) is 2.99. The van der Waals surface area contributed by atoms with E-state index in [1.54, 1.807) is 6.20 Å². The van der Waals surface area contributed by atoms with Gasteiger partial charge < -0.3 is 15.7 Å². The Bertz CT molecular complexity index is 608. The van der Waals surface area contributed by atoms with Gasteiger partial charge in [-0.05, 0) is 17.2 Å². The topological polar surface area (TPSA) is 96.3 Å². The van der Waals surface area contributed by atoms with E-state index in [-0.39, 0.29) is 19.0 Å². The maximum atomic E-state index is 11.4. The van der Waals surface area contributed by atoms with E-state index in [4.69, 9.17) is 5.11 Å². The van der Waals surface area contributed by atoms with Crippen molar-refractivity contribution in [1.29, 1.82) is 0 Å². The van der Waals surface area contributed by atoms with E-state index in [2.05, 4.69) is 15.7 Å². The summed E-state index contributed by atoms with van der Waals surface area (Å²) < 4.78 is 1.84. The number of carboxylic acids is 1. The highest BCUT2D eigenvalue weighted by atomic mass is 16.4. The molecular weight excluding hydrogens is 284 g/mol. The third kappa shape index (κ3) is 5.28. The first-order valence-corrected chi connectivity index (χ1v) is 6.92. The van der Waals surface area contributed by atoms with Crippen LogP contribution in [0.5, 0.6) is 0 Å². The number of carbonyl (C=O) groups excluding carboxylic acids is 1. The number of hydrogen-bond acceptors (Lipinski definition) is 3. The lowest BCUT2D eigenvalue weighted by Gasteiger charge is -2.08. The number of carbonyl (C=O) groups is 2. The Morgan fingerprint density at radius 1 is 1.14 bits per heavy atom. The van der Waals surface area contributed by atoms with Crippen molar-refractivity contribution in [2.75, 3.05) is 6.54 Å². The number of rotatable bonds is 7. The second kappa shape index (κ2) is 7.82. The first-order valence-electron chi connectivity index (χ1n) is 6.92. The fourth-order valence-electron chi connectivity index (χ4n) is 1.87. The molecule has 1 aromatic carbocycles. The van der Waals surface area contributed by atoms with Crippen molar-refractivity contribution in [3.8, 4) is 0 Å². The van der Waals surface area contributed by atoms with Crippen LogP contribution >= 0.6 is 0 Å². The van der Waals surface area contributed by atoms with Crippen LogP contribution in [-0.2, 0) is 17.9 Å². The molecule has 3 N–H and O–H groups in total. The molecule has 2 amide bonds. The Labute approximate surface area is 128 Å². The number of nitrogens with zero attached hydrogens (tertiary/aromatic N) is 2. The van der Waals surface area contributed by atoms with Crippen LogP contribution in [0.25, 0.3) is 0 Å². The Balaban J connectivity index is 1.74. The van der Waals surface area contributed by atoms with E-state index in [0.29, 0.717) is 13.1 Å². The van der Waals surface area contributed by atoms with E-state index in [1.807, 2.05) is 41.2 Å². The van der Waals surface area contributed by atoms with E-state index in [9.17, 15) is 9.59 Å². The fourth-order valence-corrected chi connectivity index (χ4v) is 1.87. The summed E-state index contributed by atoms with van der Waals surface area (Å²) >= 11 is 0. The van der Waals surface area contributed by atoms with Crippen LogP contribution in [-0.4, -0.2) is 33.4 Å². The van der Waals surface area contributed by atoms with Crippen molar-refractivity contribution in [3.63, 3.8) is 0 Å². The molecule has 0 spiro atoms. The van der Waals surface area contributed by atoms with Gasteiger partial charge in [0.1, 0.15) is 0 Å². The predicted octanol–water partition coefficient (Wildman–Crippen LogP) is 1.21. The quantitative estimate of drug-likeness (QED) is 0.716. The second-order valence-corrected chi connectivity index (χ2v) is 4.77. The Morgan fingerprint density at radius 3 is 2.50 bits per heavy atom. The van der Waals surface area contributed by atoms with Gasteiger partial charge in [-0.15, -0.1) is 0 Å². The summed E-state index contributed by atoms with van der Waals surface area (Å²) in [6, 6.07) is 9.36. The van der Waals surface area contributed by atoms with Crippen LogP contribution in [0.3, 0.4) is 0 Å². The molecule has 2 aromatic rings. The maximum Gasteiger partial charge on any atom is 0.315 e. The van der Waals surface area contributed by atoms with E-state index in [0.717, 1.165) is 11.1 Å². The summed E-state index contributed by atoms with van der Waals surface area (Å²) in [5.74, 6) is -0.937. The minimum atomic E-state index is -0.937. The van der Waals surface area contributed by atoms with Gasteiger partial charge in [0.25, 0.3) is 0 Å². The van der Waals surface area contributed by atoms with E-state index in [1.165, 1.54) is 0 Å². The molecule has 0 bridgehead atoms. The third-order valence-corrected chi connectivity index (χ3v) is 3.00. The van der Waals surface area contributed by atoms with Crippen molar-refractivity contribution in [2.24, 2.45) is 0 Å². The molecule has 2 rings (SSSR count). The maximum absolute atomic E-state index is 11.4. The highest BCUT2D eigenvalue weighted by Crippen LogP contribution is 2.06. The minimum Gasteiger partial charge on any atom is -0.481 e. The Morgan fingerprint density at radius 2 is 1.86 bits per heavy atom. The molecule has 0 atom stereocenters. The van der Waals surface area contributed by atoms with Crippen molar-refractivity contribution in [2.45, 2.75) is 19.5 Å². The summed E-state index contributed by atoms with van der Waals surface area (Å²) in [6.45, 7) is 1.21. The summed E-state index contributed by atoms with van der Waals surface area (Å²) in [5.41, 5.74) is 2.09. The highest BCUT2D eigenvalue weighted by Gasteiger charge is 2.02. The lowest BCUT2D eigenvalue weighted by Crippen LogP contribution is -2.36. The SMILES string of the molecule is O=C(O)CCNC(=O)NCc1ccc(Cn2cccn2)cc1. The standard InChI is InChI=1S/C15H18N4O3/c20-14(21)6-8-16-15(22)17-10-12-2-4-13(5-3-12)11-19-9-1-7-18-19/h1-5,7,9H,6,8,10-11H2,(H,20,21)(H2,16,17,22). The molecule has 0 unspecified atom stereocenters. The van der Waals surface area contributed by atoms with Crippen molar-refractivity contribution < 1.29 is 14.7 Å². The molecule has 0 aliphatic rings. The van der Waals surface area contributed by atoms with Gasteiger partial charge in [-0.2, -0.15) is 5.10 Å². The minimum absolute atomic E-state index is 0.0878. The predicted molar refractivity (Wildman–Crippen MR) is 80.3 cm³/mol. The second-order valence-electron chi connectivity index (χ2n) is 4.77. The number of carboxylic acid groups (broad SMARTS) is 1. The molecule has 0 saturated carbocycles. The highest BCUT2D eigenvalue weighted by molar-refractivity contribution is 5.74. The summed E-state index contributed by atoms with van der Waals surface area (Å²) in [6.07, 6.45) is 3.55. The van der Waals surface area contributed by atoms with Gasteiger partial charge in [0.05, 0.1) is 13.0 Å². The van der Waals surface area contributed by atoms with Gasteiger partial charge >= 0.3 is 12.0 Å². The van der Waals surface area contributed by atoms with Crippen LogP contribution in [0.15, 0.2) is 42.7 Å². The number of amides is 2. The molecule has 0 aliphatic heterocycles. The first kappa shape index (κ1) is 15.6. The molecule has 22 heavy (non-hydrogen) atoms. The molecule has 7 heteroatoms. The molecule has 0 fully saturated rings. The molecule has 1 aromatic heterocycles. The lowest BCUT2D eigenvalue weighted by molar-refractivity contribution is -0.136. The number of aromatic nitrogens is 2. The van der Waals surface area contributed by atoms with Crippen LogP contribution in [0.1, 0.15) is 17.5 Å². The third-order valence-electron chi connectivity index (χ3n) is 3.00. The molecule has 1 heterocycles. The van der Waals surface area contributed by atoms with Gasteiger partial charge in [-0.1, -0.05) is 24.3 Å². The van der Waals surface area contributed by atoms with Crippen molar-refractivity contribution in [3.05, 3.63) is 53.9 Å². The number of benzene rings is 1. The van der Waals surface area contributed by atoms with Crippen LogP contribution < -0.4 is 10.6 Å². The average molecular weight is 302 g/mol. The monoisotopic (exact) mass is 302 g/mol. The molecular formula is C15H18N4O3. The molecule has 7 nitrogen and oxygen atoms in total. The number of nitrogens with one attached hydrogen (secondary N) is 2. The largest absolute Gasteiger partial charge is 0.481 e. The zero-order valence-corrected chi connectivity index (χ0v) is 12.0. The van der Waals surface area contributed by atoms with Gasteiger partial charge in [0.15, 0.2) is 0 Å². The smallest absolute Gasteiger partial charge is 0.315 e. The Hall–Kier alpha value is -2.83. The normalized spacial score (nSPS) is 10.2. The van der Waals surface area contributed by atoms with Gasteiger partial charge in [-0.25, -0.2) is 4.79 Å². The van der Waals surface area contributed by atoms with Crippen molar-refractivity contribution in [1.82, 2.24) is 20.4 Å². The molecule has 0 aliphatic carbocycles. The van der Waals surface area contributed by atoms with Gasteiger partial charge in [0.2, 0.25) is 0 Å². The number of hydrogen-bond donors (Lipinski definition) is 3. The van der Waals surface area contributed by atoms with Gasteiger partial charge in [0, 0.05) is 25.5 Å². The van der Waals surface area contributed by atoms with Crippen LogP contribution in [0.2, 0.25) is 0 Å². The number of urea groups is 1. The molecule has 116 valence electrons. The van der Waals surface area contributed by atoms with Crippen LogP contribution in [0, 0.1) is 0 Å². The Kier molecular flexibility index (Phi) is 5.53. The zero-order chi connectivity index (χ0) is 15.8. The van der Waals surface area contributed by atoms with Crippen molar-refractivity contribution >= 4 is 12.0 Å². The lowest BCUT2D eigenvalue weighted by atomic mass is 10.1. The molecule has 0 saturated heterocycles. The summed E-state index contributed by atoms with van der Waals surface area (Å²) in [7, 11) is 0. The van der Waals surface area contributed by atoms with Gasteiger partial charge in [-0.3, -0.25) is 9.48 Å². The zero-order valence-electron chi connectivity index (χ0n) is 12.0. The first-order chi connectivity index (χ1) is 10.6. The fraction of sp³-hybridized carbons (Fsp3) is 0.267. The summed E-state index contributed by atoms with van der Waals surface area (Å²) in [4.78, 5) is 21.8. The summed E-state index contributed by atoms with van der Waals surface area (Å²) in [5, 5.41) is 17.8. The van der Waals surface area contributed by atoms with Crippen LogP contribution in [0.4, 0.5) is 4.79 Å².